The monoisotopic (exact) mass is 254 g/mol. The first-order chi connectivity index (χ1) is 8.56. The molecule has 1 unspecified atom stereocenters. The summed E-state index contributed by atoms with van der Waals surface area (Å²) in [4.78, 5) is 22.5. The van der Waals surface area contributed by atoms with Gasteiger partial charge in [-0.05, 0) is 12.1 Å². The van der Waals surface area contributed by atoms with E-state index in [1.807, 2.05) is 0 Å². The van der Waals surface area contributed by atoms with Crippen LogP contribution in [0.4, 0.5) is 0 Å². The largest absolute Gasteiger partial charge is 0.481 e. The average Bonchev–Trinajstić information content (AvgIpc) is 2.81. The van der Waals surface area contributed by atoms with Crippen molar-refractivity contribution < 1.29 is 19.4 Å². The quantitative estimate of drug-likeness (QED) is 0.746. The van der Waals surface area contributed by atoms with Gasteiger partial charge in [0.05, 0.1) is 12.5 Å². The van der Waals surface area contributed by atoms with Crippen LogP contribution in [-0.4, -0.2) is 41.8 Å². The Bertz CT molecular complexity index is 414. The van der Waals surface area contributed by atoms with E-state index < -0.39 is 11.9 Å². The summed E-state index contributed by atoms with van der Waals surface area (Å²) in [6.45, 7) is 2.76. The first kappa shape index (κ1) is 14.2. The molecule has 1 aromatic rings. The van der Waals surface area contributed by atoms with Crippen LogP contribution in [-0.2, 0) is 16.1 Å². The van der Waals surface area contributed by atoms with Gasteiger partial charge in [-0.15, -0.1) is 0 Å². The van der Waals surface area contributed by atoms with Gasteiger partial charge < -0.3 is 19.7 Å². The van der Waals surface area contributed by atoms with Gasteiger partial charge in [0.1, 0.15) is 5.69 Å². The lowest BCUT2D eigenvalue weighted by Gasteiger charge is -2.11. The maximum Gasteiger partial charge on any atom is 0.308 e. The molecule has 18 heavy (non-hydrogen) atoms. The van der Waals surface area contributed by atoms with Crippen molar-refractivity contribution in [1.82, 2.24) is 9.88 Å². The summed E-state index contributed by atoms with van der Waals surface area (Å²) in [5, 5.41) is 11.3. The molecular weight excluding hydrogens is 236 g/mol. The highest BCUT2D eigenvalue weighted by molar-refractivity contribution is 5.92. The van der Waals surface area contributed by atoms with E-state index in [4.69, 9.17) is 9.84 Å². The molecule has 0 bridgehead atoms. The molecule has 1 aromatic heterocycles. The predicted molar refractivity (Wildman–Crippen MR) is 65.4 cm³/mol. The number of carboxylic acids is 1. The van der Waals surface area contributed by atoms with Crippen LogP contribution in [0.25, 0.3) is 0 Å². The van der Waals surface area contributed by atoms with E-state index in [1.165, 1.54) is 0 Å². The standard InChI is InChI=1S/C12H18N2O4/c1-9(12(16)17)8-13-11(15)10-4-3-5-14(10)6-7-18-2/h3-5,9H,6-8H2,1-2H3,(H,13,15)(H,16,17). The van der Waals surface area contributed by atoms with Crippen molar-refractivity contribution in [3.63, 3.8) is 0 Å². The Kier molecular flexibility index (Phi) is 5.38. The zero-order valence-electron chi connectivity index (χ0n) is 10.5. The van der Waals surface area contributed by atoms with Gasteiger partial charge in [0, 0.05) is 26.4 Å². The van der Waals surface area contributed by atoms with Gasteiger partial charge in [-0.1, -0.05) is 6.92 Å². The lowest BCUT2D eigenvalue weighted by molar-refractivity contribution is -0.140. The fourth-order valence-corrected chi connectivity index (χ4v) is 1.43. The van der Waals surface area contributed by atoms with Gasteiger partial charge in [-0.3, -0.25) is 9.59 Å². The Morgan fingerprint density at radius 1 is 1.56 bits per heavy atom. The number of hydrogen-bond donors (Lipinski definition) is 2. The third-order valence-electron chi connectivity index (χ3n) is 2.59. The van der Waals surface area contributed by atoms with E-state index in [-0.39, 0.29) is 12.5 Å². The first-order valence-electron chi connectivity index (χ1n) is 5.71. The van der Waals surface area contributed by atoms with E-state index in [0.717, 1.165) is 0 Å². The molecule has 0 fully saturated rings. The number of rotatable bonds is 7. The summed E-state index contributed by atoms with van der Waals surface area (Å²) in [6, 6.07) is 3.46. The van der Waals surface area contributed by atoms with E-state index in [0.29, 0.717) is 18.8 Å². The normalized spacial score (nSPS) is 12.1. The zero-order chi connectivity index (χ0) is 13.5. The lowest BCUT2D eigenvalue weighted by Crippen LogP contribution is -2.32. The molecule has 1 rings (SSSR count). The van der Waals surface area contributed by atoms with Crippen molar-refractivity contribution >= 4 is 11.9 Å². The summed E-state index contributed by atoms with van der Waals surface area (Å²) in [7, 11) is 1.60. The number of nitrogens with one attached hydrogen (secondary N) is 1. The van der Waals surface area contributed by atoms with Crippen LogP contribution in [0, 0.1) is 5.92 Å². The van der Waals surface area contributed by atoms with Gasteiger partial charge in [0.15, 0.2) is 0 Å². The number of hydrogen-bond acceptors (Lipinski definition) is 3. The van der Waals surface area contributed by atoms with Crippen LogP contribution >= 0.6 is 0 Å². The Balaban J connectivity index is 2.56. The zero-order valence-corrected chi connectivity index (χ0v) is 10.5. The van der Waals surface area contributed by atoms with Crippen LogP contribution in [0.1, 0.15) is 17.4 Å². The highest BCUT2D eigenvalue weighted by Crippen LogP contribution is 2.03. The second-order valence-corrected chi connectivity index (χ2v) is 4.03. The molecule has 1 heterocycles. The van der Waals surface area contributed by atoms with Gasteiger partial charge >= 0.3 is 5.97 Å². The molecule has 0 radical (unpaired) electrons. The van der Waals surface area contributed by atoms with Crippen molar-refractivity contribution in [2.75, 3.05) is 20.3 Å². The maximum atomic E-state index is 11.9. The molecule has 1 atom stereocenters. The minimum Gasteiger partial charge on any atom is -0.481 e. The number of aromatic nitrogens is 1. The molecule has 0 saturated carbocycles. The van der Waals surface area contributed by atoms with Crippen molar-refractivity contribution in [3.8, 4) is 0 Å². The van der Waals surface area contributed by atoms with E-state index in [9.17, 15) is 9.59 Å². The molecule has 6 nitrogen and oxygen atoms in total. The fourth-order valence-electron chi connectivity index (χ4n) is 1.43. The minimum absolute atomic E-state index is 0.115. The van der Waals surface area contributed by atoms with Gasteiger partial charge in [0.25, 0.3) is 5.91 Å². The first-order valence-corrected chi connectivity index (χ1v) is 5.71. The number of methoxy groups -OCH3 is 1. The Hall–Kier alpha value is -1.82. The summed E-state index contributed by atoms with van der Waals surface area (Å²) in [5.41, 5.74) is 0.504. The second kappa shape index (κ2) is 6.80. The van der Waals surface area contributed by atoms with Crippen LogP contribution in [0.3, 0.4) is 0 Å². The van der Waals surface area contributed by atoms with Crippen molar-refractivity contribution in [2.45, 2.75) is 13.5 Å². The molecule has 0 saturated heterocycles. The number of amides is 1. The molecule has 1 amide bonds. The van der Waals surface area contributed by atoms with Crippen LogP contribution in [0.5, 0.6) is 0 Å². The molecule has 0 spiro atoms. The topological polar surface area (TPSA) is 80.6 Å². The van der Waals surface area contributed by atoms with Crippen molar-refractivity contribution in [3.05, 3.63) is 24.0 Å². The Morgan fingerprint density at radius 3 is 2.89 bits per heavy atom. The third kappa shape index (κ3) is 3.89. The molecule has 0 aliphatic heterocycles. The summed E-state index contributed by atoms with van der Waals surface area (Å²) in [6.07, 6.45) is 1.79. The van der Waals surface area contributed by atoms with E-state index in [2.05, 4.69) is 5.32 Å². The lowest BCUT2D eigenvalue weighted by atomic mass is 10.2. The molecule has 100 valence electrons. The van der Waals surface area contributed by atoms with Crippen molar-refractivity contribution in [2.24, 2.45) is 5.92 Å². The molecule has 0 aromatic carbocycles. The van der Waals surface area contributed by atoms with E-state index in [1.54, 1.807) is 36.9 Å². The highest BCUT2D eigenvalue weighted by atomic mass is 16.5. The summed E-state index contributed by atoms with van der Waals surface area (Å²) >= 11 is 0. The second-order valence-electron chi connectivity index (χ2n) is 4.03. The van der Waals surface area contributed by atoms with Crippen LogP contribution in [0.2, 0.25) is 0 Å². The third-order valence-corrected chi connectivity index (χ3v) is 2.59. The number of carbonyl (C=O) groups is 2. The number of carboxylic acid groups (broad SMARTS) is 1. The number of nitrogens with zero attached hydrogens (tertiary/aromatic N) is 1. The fraction of sp³-hybridized carbons (Fsp3) is 0.500. The number of aliphatic carboxylic acids is 1. The minimum atomic E-state index is -0.926. The maximum absolute atomic E-state index is 11.9. The van der Waals surface area contributed by atoms with Crippen molar-refractivity contribution in [1.29, 1.82) is 0 Å². The Labute approximate surface area is 106 Å². The van der Waals surface area contributed by atoms with Crippen LogP contribution < -0.4 is 5.32 Å². The van der Waals surface area contributed by atoms with Gasteiger partial charge in [-0.2, -0.15) is 0 Å². The predicted octanol–water partition coefficient (Wildman–Crippen LogP) is 0.585. The highest BCUT2D eigenvalue weighted by Gasteiger charge is 2.15. The Morgan fingerprint density at radius 2 is 2.28 bits per heavy atom. The molecule has 6 heteroatoms. The molecular formula is C12H18N2O4. The SMILES string of the molecule is COCCn1cccc1C(=O)NCC(C)C(=O)O. The summed E-state index contributed by atoms with van der Waals surface area (Å²) < 4.78 is 6.72. The molecule has 0 aliphatic carbocycles. The summed E-state index contributed by atoms with van der Waals surface area (Å²) in [5.74, 6) is -1.80. The van der Waals surface area contributed by atoms with E-state index >= 15 is 0 Å². The smallest absolute Gasteiger partial charge is 0.308 e. The number of ether oxygens (including phenoxy) is 1. The average molecular weight is 254 g/mol. The molecule has 0 aliphatic rings. The van der Waals surface area contributed by atoms with Crippen LogP contribution in [0.15, 0.2) is 18.3 Å². The number of carbonyl (C=O) groups excluding carboxylic acids is 1. The van der Waals surface area contributed by atoms with Gasteiger partial charge in [0.2, 0.25) is 0 Å². The molecule has 2 N–H and O–H groups in total. The van der Waals surface area contributed by atoms with Gasteiger partial charge in [-0.25, -0.2) is 0 Å².